The molecule has 0 unspecified atom stereocenters. The predicted octanol–water partition coefficient (Wildman–Crippen LogP) is 1.80. The van der Waals surface area contributed by atoms with Crippen molar-refractivity contribution in [1.82, 2.24) is 14.9 Å². The van der Waals surface area contributed by atoms with E-state index in [1.807, 2.05) is 24.7 Å². The van der Waals surface area contributed by atoms with Crippen LogP contribution >= 0.6 is 0 Å². The van der Waals surface area contributed by atoms with Crippen LogP contribution in [0, 0.1) is 5.92 Å². The van der Waals surface area contributed by atoms with Crippen molar-refractivity contribution in [2.75, 3.05) is 6.61 Å². The lowest BCUT2D eigenvalue weighted by molar-refractivity contribution is -0.143. The Bertz CT molecular complexity index is 449. The van der Waals surface area contributed by atoms with Crippen molar-refractivity contribution in [1.29, 1.82) is 0 Å². The fourth-order valence-electron chi connectivity index (χ4n) is 2.24. The molecule has 1 N–H and O–H groups in total. The summed E-state index contributed by atoms with van der Waals surface area (Å²) in [5, 5.41) is 3.10. The van der Waals surface area contributed by atoms with E-state index in [2.05, 4.69) is 10.3 Å². The van der Waals surface area contributed by atoms with Crippen LogP contribution in [-0.4, -0.2) is 27.7 Å². The quantitative estimate of drug-likeness (QED) is 0.853. The summed E-state index contributed by atoms with van der Waals surface area (Å²) >= 11 is 0. The average molecular weight is 265 g/mol. The molecule has 5 nitrogen and oxygen atoms in total. The average Bonchev–Trinajstić information content (AvgIpc) is 3.09. The second-order valence-electron chi connectivity index (χ2n) is 5.63. The number of hydrogen-bond acceptors (Lipinski definition) is 3. The minimum atomic E-state index is -0.799. The van der Waals surface area contributed by atoms with Gasteiger partial charge in [-0.1, -0.05) is 0 Å². The summed E-state index contributed by atoms with van der Waals surface area (Å²) in [7, 11) is 1.96. The van der Waals surface area contributed by atoms with Crippen molar-refractivity contribution < 1.29 is 9.53 Å². The van der Waals surface area contributed by atoms with Gasteiger partial charge in [-0.3, -0.25) is 4.79 Å². The van der Waals surface area contributed by atoms with Crippen LogP contribution in [0.2, 0.25) is 0 Å². The van der Waals surface area contributed by atoms with E-state index in [4.69, 9.17) is 4.74 Å². The maximum Gasteiger partial charge on any atom is 0.252 e. The van der Waals surface area contributed by atoms with Crippen LogP contribution < -0.4 is 5.32 Å². The predicted molar refractivity (Wildman–Crippen MR) is 72.5 cm³/mol. The van der Waals surface area contributed by atoms with E-state index >= 15 is 0 Å². The summed E-state index contributed by atoms with van der Waals surface area (Å²) in [5.41, 5.74) is -0.799. The van der Waals surface area contributed by atoms with Gasteiger partial charge in [-0.2, -0.15) is 0 Å². The van der Waals surface area contributed by atoms with Gasteiger partial charge in [-0.15, -0.1) is 0 Å². The summed E-state index contributed by atoms with van der Waals surface area (Å²) in [6, 6.07) is -0.00719. The zero-order valence-electron chi connectivity index (χ0n) is 12.1. The molecule has 1 aliphatic carbocycles. The maximum absolute atomic E-state index is 12.3. The van der Waals surface area contributed by atoms with Gasteiger partial charge in [0.05, 0.1) is 6.04 Å². The summed E-state index contributed by atoms with van der Waals surface area (Å²) in [5.74, 6) is 1.35. The van der Waals surface area contributed by atoms with Crippen molar-refractivity contribution in [3.8, 4) is 0 Å². The van der Waals surface area contributed by atoms with Gasteiger partial charge in [0.2, 0.25) is 0 Å². The Morgan fingerprint density at radius 1 is 1.63 bits per heavy atom. The number of carbonyl (C=O) groups excluding carboxylic acids is 1. The van der Waals surface area contributed by atoms with Gasteiger partial charge in [0, 0.05) is 26.0 Å². The van der Waals surface area contributed by atoms with Crippen molar-refractivity contribution in [3.63, 3.8) is 0 Å². The van der Waals surface area contributed by atoms with Gasteiger partial charge >= 0.3 is 0 Å². The molecule has 1 heterocycles. The number of aryl methyl sites for hydroxylation is 1. The fourth-order valence-corrected chi connectivity index (χ4v) is 2.24. The standard InChI is InChI=1S/C14H23N3O2/c1-5-19-14(2,3)13(18)16-11(10-6-7-10)12-15-8-9-17(12)4/h8-11H,5-7H2,1-4H3,(H,16,18)/t11-/m1/s1. The van der Waals surface area contributed by atoms with Crippen LogP contribution in [-0.2, 0) is 16.6 Å². The van der Waals surface area contributed by atoms with Crippen LogP contribution in [0.15, 0.2) is 12.4 Å². The van der Waals surface area contributed by atoms with E-state index in [0.717, 1.165) is 18.7 Å². The molecule has 1 atom stereocenters. The zero-order chi connectivity index (χ0) is 14.0. The highest BCUT2D eigenvalue weighted by molar-refractivity contribution is 5.84. The molecule has 0 aliphatic heterocycles. The topological polar surface area (TPSA) is 56.1 Å². The van der Waals surface area contributed by atoms with Gasteiger partial charge in [0.25, 0.3) is 5.91 Å². The first-order valence-corrected chi connectivity index (χ1v) is 6.88. The number of rotatable bonds is 6. The number of imidazole rings is 1. The summed E-state index contributed by atoms with van der Waals surface area (Å²) < 4.78 is 7.47. The van der Waals surface area contributed by atoms with Crippen molar-refractivity contribution in [2.45, 2.75) is 45.3 Å². The van der Waals surface area contributed by atoms with Gasteiger partial charge in [0.1, 0.15) is 11.4 Å². The molecule has 1 aliphatic rings. The summed E-state index contributed by atoms with van der Waals surface area (Å²) in [6.07, 6.45) is 5.97. The van der Waals surface area contributed by atoms with Gasteiger partial charge in [-0.25, -0.2) is 4.98 Å². The first kappa shape index (κ1) is 14.1. The molecule has 2 rings (SSSR count). The smallest absolute Gasteiger partial charge is 0.252 e. The number of carbonyl (C=O) groups is 1. The third kappa shape index (κ3) is 3.15. The monoisotopic (exact) mass is 265 g/mol. The lowest BCUT2D eigenvalue weighted by atomic mass is 10.1. The first-order chi connectivity index (χ1) is 8.95. The SMILES string of the molecule is CCOC(C)(C)C(=O)N[C@@H](c1nccn1C)C1CC1. The van der Waals surface area contributed by atoms with E-state index in [1.54, 1.807) is 20.0 Å². The number of amides is 1. The van der Waals surface area contributed by atoms with Crippen molar-refractivity contribution in [2.24, 2.45) is 13.0 Å². The highest BCUT2D eigenvalue weighted by atomic mass is 16.5. The van der Waals surface area contributed by atoms with Crippen LogP contribution in [0.3, 0.4) is 0 Å². The minimum Gasteiger partial charge on any atom is -0.366 e. The van der Waals surface area contributed by atoms with Crippen LogP contribution in [0.25, 0.3) is 0 Å². The maximum atomic E-state index is 12.3. The van der Waals surface area contributed by atoms with Crippen molar-refractivity contribution >= 4 is 5.91 Å². The Balaban J connectivity index is 2.10. The highest BCUT2D eigenvalue weighted by Gasteiger charge is 2.38. The number of nitrogens with zero attached hydrogens (tertiary/aromatic N) is 2. The molecular weight excluding hydrogens is 242 g/mol. The molecule has 19 heavy (non-hydrogen) atoms. The zero-order valence-corrected chi connectivity index (χ0v) is 12.1. The molecule has 1 aromatic rings. The second-order valence-corrected chi connectivity index (χ2v) is 5.63. The third-order valence-electron chi connectivity index (χ3n) is 3.57. The minimum absolute atomic E-state index is 0.00719. The summed E-state index contributed by atoms with van der Waals surface area (Å²) in [6.45, 7) is 6.02. The Labute approximate surface area is 114 Å². The fraction of sp³-hybridized carbons (Fsp3) is 0.714. The molecule has 1 fully saturated rings. The molecule has 0 spiro atoms. The number of nitrogens with one attached hydrogen (secondary N) is 1. The van der Waals surface area contributed by atoms with E-state index < -0.39 is 5.60 Å². The molecule has 0 aromatic carbocycles. The van der Waals surface area contributed by atoms with Gasteiger partial charge in [0.15, 0.2) is 0 Å². The largest absolute Gasteiger partial charge is 0.366 e. The van der Waals surface area contributed by atoms with Crippen LogP contribution in [0.5, 0.6) is 0 Å². The molecule has 106 valence electrons. The summed E-state index contributed by atoms with van der Waals surface area (Å²) in [4.78, 5) is 16.7. The van der Waals surface area contributed by atoms with Crippen molar-refractivity contribution in [3.05, 3.63) is 18.2 Å². The van der Waals surface area contributed by atoms with Gasteiger partial charge < -0.3 is 14.6 Å². The Morgan fingerprint density at radius 2 is 2.32 bits per heavy atom. The molecule has 1 amide bonds. The number of ether oxygens (including phenoxy) is 1. The van der Waals surface area contributed by atoms with E-state index in [-0.39, 0.29) is 11.9 Å². The van der Waals surface area contributed by atoms with E-state index in [9.17, 15) is 4.79 Å². The van der Waals surface area contributed by atoms with Crippen LogP contribution in [0.4, 0.5) is 0 Å². The molecule has 0 saturated heterocycles. The molecule has 0 bridgehead atoms. The highest BCUT2D eigenvalue weighted by Crippen LogP contribution is 2.40. The number of hydrogen-bond donors (Lipinski definition) is 1. The van der Waals surface area contributed by atoms with Crippen LogP contribution in [0.1, 0.15) is 45.5 Å². The Hall–Kier alpha value is -1.36. The first-order valence-electron chi connectivity index (χ1n) is 6.88. The molecular formula is C14H23N3O2. The molecule has 1 aromatic heterocycles. The number of aromatic nitrogens is 2. The molecule has 0 radical (unpaired) electrons. The second kappa shape index (κ2) is 5.33. The lowest BCUT2D eigenvalue weighted by Gasteiger charge is -2.27. The molecule has 5 heteroatoms. The normalized spacial score (nSPS) is 17.3. The lowest BCUT2D eigenvalue weighted by Crippen LogP contribution is -2.46. The third-order valence-corrected chi connectivity index (χ3v) is 3.57. The van der Waals surface area contributed by atoms with E-state index in [0.29, 0.717) is 12.5 Å². The Morgan fingerprint density at radius 3 is 2.79 bits per heavy atom. The van der Waals surface area contributed by atoms with Gasteiger partial charge in [-0.05, 0) is 39.5 Å². The molecule has 1 saturated carbocycles. The van der Waals surface area contributed by atoms with E-state index in [1.165, 1.54) is 0 Å². The Kier molecular flexibility index (Phi) is 3.94.